The second-order valence-corrected chi connectivity index (χ2v) is 7.88. The van der Waals surface area contributed by atoms with Crippen molar-refractivity contribution in [3.63, 3.8) is 0 Å². The molecule has 1 aliphatic carbocycles. The number of nitrogens with one attached hydrogen (secondary N) is 1. The van der Waals surface area contributed by atoms with Crippen molar-refractivity contribution in [2.45, 2.75) is 84.7 Å². The van der Waals surface area contributed by atoms with Crippen LogP contribution in [0.4, 0.5) is 0 Å². The van der Waals surface area contributed by atoms with Gasteiger partial charge < -0.3 is 10.2 Å². The van der Waals surface area contributed by atoms with Crippen LogP contribution < -0.4 is 5.32 Å². The van der Waals surface area contributed by atoms with Crippen LogP contribution in [0.1, 0.15) is 72.6 Å². The lowest BCUT2D eigenvalue weighted by Gasteiger charge is -2.43. The first-order chi connectivity index (χ1) is 10.1. The van der Waals surface area contributed by atoms with Crippen molar-refractivity contribution in [1.82, 2.24) is 10.2 Å². The molecule has 1 saturated carbocycles. The van der Waals surface area contributed by atoms with Gasteiger partial charge in [-0.2, -0.15) is 0 Å². The van der Waals surface area contributed by atoms with Gasteiger partial charge in [0.15, 0.2) is 0 Å². The second kappa shape index (κ2) is 8.53. The molecule has 2 heteroatoms. The van der Waals surface area contributed by atoms with E-state index >= 15 is 0 Å². The van der Waals surface area contributed by atoms with Crippen molar-refractivity contribution in [2.24, 2.45) is 17.8 Å². The highest BCUT2D eigenvalue weighted by atomic mass is 15.2. The third-order valence-corrected chi connectivity index (χ3v) is 6.07. The second-order valence-electron chi connectivity index (χ2n) is 7.88. The highest BCUT2D eigenvalue weighted by molar-refractivity contribution is 4.88. The third kappa shape index (κ3) is 4.96. The van der Waals surface area contributed by atoms with Gasteiger partial charge in [0.05, 0.1) is 0 Å². The van der Waals surface area contributed by atoms with Gasteiger partial charge in [-0.15, -0.1) is 0 Å². The molecule has 1 N–H and O–H groups in total. The molecule has 5 atom stereocenters. The van der Waals surface area contributed by atoms with Crippen LogP contribution in [0.5, 0.6) is 0 Å². The van der Waals surface area contributed by atoms with Crippen LogP contribution in [0.15, 0.2) is 0 Å². The highest BCUT2D eigenvalue weighted by Crippen LogP contribution is 2.33. The SMILES string of the molecule is CCCNC1CCC(CC)CC1CN1CCC(C)CC1C. The maximum absolute atomic E-state index is 3.85. The summed E-state index contributed by atoms with van der Waals surface area (Å²) in [6.45, 7) is 13.4. The standard InChI is InChI=1S/C19H38N2/c1-5-10-20-19-8-7-17(6-2)13-18(19)14-21-11-9-15(3)12-16(21)4/h15-20H,5-14H2,1-4H3. The fraction of sp³-hybridized carbons (Fsp3) is 1.00. The number of rotatable bonds is 6. The Morgan fingerprint density at radius 2 is 1.86 bits per heavy atom. The van der Waals surface area contributed by atoms with Crippen LogP contribution in [0, 0.1) is 17.8 Å². The van der Waals surface area contributed by atoms with Crippen molar-refractivity contribution < 1.29 is 0 Å². The molecule has 0 bridgehead atoms. The Morgan fingerprint density at radius 1 is 1.05 bits per heavy atom. The lowest BCUT2D eigenvalue weighted by Crippen LogP contribution is -2.49. The van der Waals surface area contributed by atoms with Crippen LogP contribution in [-0.4, -0.2) is 36.6 Å². The van der Waals surface area contributed by atoms with Crippen molar-refractivity contribution >= 4 is 0 Å². The summed E-state index contributed by atoms with van der Waals surface area (Å²) in [5.41, 5.74) is 0. The van der Waals surface area contributed by atoms with Gasteiger partial charge in [-0.3, -0.25) is 0 Å². The molecule has 0 spiro atoms. The summed E-state index contributed by atoms with van der Waals surface area (Å²) >= 11 is 0. The number of hydrogen-bond acceptors (Lipinski definition) is 2. The number of likely N-dealkylation sites (tertiary alicyclic amines) is 1. The Balaban J connectivity index is 1.91. The molecular formula is C19H38N2. The zero-order chi connectivity index (χ0) is 15.2. The molecule has 2 aliphatic rings. The number of hydrogen-bond donors (Lipinski definition) is 1. The Morgan fingerprint density at radius 3 is 2.52 bits per heavy atom. The lowest BCUT2D eigenvalue weighted by molar-refractivity contribution is 0.0767. The average molecular weight is 295 g/mol. The predicted molar refractivity (Wildman–Crippen MR) is 92.6 cm³/mol. The van der Waals surface area contributed by atoms with Crippen molar-refractivity contribution in [1.29, 1.82) is 0 Å². The average Bonchev–Trinajstić information content (AvgIpc) is 2.48. The lowest BCUT2D eigenvalue weighted by atomic mass is 9.76. The van der Waals surface area contributed by atoms with Crippen LogP contribution >= 0.6 is 0 Å². The van der Waals surface area contributed by atoms with E-state index in [0.717, 1.165) is 29.8 Å². The van der Waals surface area contributed by atoms with E-state index in [-0.39, 0.29) is 0 Å². The quantitative estimate of drug-likeness (QED) is 0.785. The molecule has 2 rings (SSSR count). The fourth-order valence-corrected chi connectivity index (χ4v) is 4.56. The van der Waals surface area contributed by atoms with E-state index in [1.165, 1.54) is 64.6 Å². The monoisotopic (exact) mass is 294 g/mol. The van der Waals surface area contributed by atoms with E-state index in [1.807, 2.05) is 0 Å². The molecule has 0 amide bonds. The zero-order valence-corrected chi connectivity index (χ0v) is 14.9. The van der Waals surface area contributed by atoms with Gasteiger partial charge in [0.25, 0.3) is 0 Å². The van der Waals surface area contributed by atoms with E-state index in [4.69, 9.17) is 0 Å². The molecule has 1 aliphatic heterocycles. The van der Waals surface area contributed by atoms with Crippen LogP contribution in [-0.2, 0) is 0 Å². The van der Waals surface area contributed by atoms with Gasteiger partial charge in [0.2, 0.25) is 0 Å². The Kier molecular flexibility index (Phi) is 7.01. The molecule has 5 unspecified atom stereocenters. The van der Waals surface area contributed by atoms with E-state index in [2.05, 4.69) is 37.9 Å². The molecule has 124 valence electrons. The van der Waals surface area contributed by atoms with Gasteiger partial charge >= 0.3 is 0 Å². The first kappa shape index (κ1) is 17.3. The smallest absolute Gasteiger partial charge is 0.0108 e. The zero-order valence-electron chi connectivity index (χ0n) is 14.9. The molecule has 2 fully saturated rings. The summed E-state index contributed by atoms with van der Waals surface area (Å²) in [4.78, 5) is 2.79. The molecule has 0 aromatic rings. The third-order valence-electron chi connectivity index (χ3n) is 6.07. The number of piperidine rings is 1. The minimum atomic E-state index is 0.777. The predicted octanol–water partition coefficient (Wildman–Crippen LogP) is 4.30. The summed E-state index contributed by atoms with van der Waals surface area (Å²) in [7, 11) is 0. The fourth-order valence-electron chi connectivity index (χ4n) is 4.56. The first-order valence-corrected chi connectivity index (χ1v) is 9.61. The summed E-state index contributed by atoms with van der Waals surface area (Å²) in [6.07, 6.45) is 9.75. The highest BCUT2D eigenvalue weighted by Gasteiger charge is 2.33. The van der Waals surface area contributed by atoms with E-state index in [1.54, 1.807) is 0 Å². The minimum Gasteiger partial charge on any atom is -0.314 e. The maximum atomic E-state index is 3.85. The topological polar surface area (TPSA) is 15.3 Å². The molecule has 0 aromatic carbocycles. The normalized spacial score (nSPS) is 38.6. The summed E-state index contributed by atoms with van der Waals surface area (Å²) in [6, 6.07) is 1.57. The summed E-state index contributed by atoms with van der Waals surface area (Å²) in [5, 5.41) is 3.85. The first-order valence-electron chi connectivity index (χ1n) is 9.61. The van der Waals surface area contributed by atoms with Crippen molar-refractivity contribution in [3.05, 3.63) is 0 Å². The maximum Gasteiger partial charge on any atom is 0.0108 e. The van der Waals surface area contributed by atoms with Gasteiger partial charge in [0.1, 0.15) is 0 Å². The van der Waals surface area contributed by atoms with Crippen LogP contribution in [0.3, 0.4) is 0 Å². The molecule has 0 aromatic heterocycles. The van der Waals surface area contributed by atoms with Crippen molar-refractivity contribution in [3.8, 4) is 0 Å². The summed E-state index contributed by atoms with van der Waals surface area (Å²) in [5.74, 6) is 2.79. The van der Waals surface area contributed by atoms with Crippen LogP contribution in [0.25, 0.3) is 0 Å². The van der Waals surface area contributed by atoms with Gasteiger partial charge in [-0.1, -0.05) is 27.2 Å². The summed E-state index contributed by atoms with van der Waals surface area (Å²) < 4.78 is 0. The van der Waals surface area contributed by atoms with Gasteiger partial charge in [-0.25, -0.2) is 0 Å². The molecule has 0 radical (unpaired) electrons. The number of nitrogens with zero attached hydrogens (tertiary/aromatic N) is 1. The molecule has 1 heterocycles. The van der Waals surface area contributed by atoms with Gasteiger partial charge in [0, 0.05) is 18.6 Å². The molecule has 2 nitrogen and oxygen atoms in total. The largest absolute Gasteiger partial charge is 0.314 e. The van der Waals surface area contributed by atoms with E-state index < -0.39 is 0 Å². The van der Waals surface area contributed by atoms with E-state index in [9.17, 15) is 0 Å². The van der Waals surface area contributed by atoms with Gasteiger partial charge in [-0.05, 0) is 76.3 Å². The Hall–Kier alpha value is -0.0800. The molecule has 1 saturated heterocycles. The van der Waals surface area contributed by atoms with E-state index in [0.29, 0.717) is 0 Å². The minimum absolute atomic E-state index is 0.777. The Bertz CT molecular complexity index is 291. The Labute approximate surface area is 133 Å². The molecular weight excluding hydrogens is 256 g/mol. The van der Waals surface area contributed by atoms with Crippen molar-refractivity contribution in [2.75, 3.05) is 19.6 Å². The molecule has 21 heavy (non-hydrogen) atoms. The van der Waals surface area contributed by atoms with Crippen LogP contribution in [0.2, 0.25) is 0 Å².